The standard InChI is InChI=1S/C15H16FN5O/c16-11-4-3-6-17-13(11)10-19-14(22)12-5-7-18-15(20-12)21-8-1-2-9-21/h3-7H,1-2,8-10H2,(H,19,22). The molecule has 0 atom stereocenters. The summed E-state index contributed by atoms with van der Waals surface area (Å²) in [6, 6.07) is 4.36. The van der Waals surface area contributed by atoms with Crippen LogP contribution in [-0.4, -0.2) is 33.9 Å². The Kier molecular flexibility index (Phi) is 4.22. The summed E-state index contributed by atoms with van der Waals surface area (Å²) in [5.74, 6) is -0.245. The van der Waals surface area contributed by atoms with Gasteiger partial charge in [0.2, 0.25) is 5.95 Å². The zero-order valence-electron chi connectivity index (χ0n) is 12.0. The summed E-state index contributed by atoms with van der Waals surface area (Å²) in [5.41, 5.74) is 0.470. The summed E-state index contributed by atoms with van der Waals surface area (Å²) in [4.78, 5) is 26.5. The van der Waals surface area contributed by atoms with Crippen molar-refractivity contribution < 1.29 is 9.18 Å². The Balaban J connectivity index is 1.67. The summed E-state index contributed by atoms with van der Waals surface area (Å²) in [6.45, 7) is 1.84. The van der Waals surface area contributed by atoms with Crippen molar-refractivity contribution in [2.45, 2.75) is 19.4 Å². The maximum Gasteiger partial charge on any atom is 0.270 e. The molecule has 0 aliphatic carbocycles. The van der Waals surface area contributed by atoms with Gasteiger partial charge in [0.25, 0.3) is 5.91 Å². The Morgan fingerprint density at radius 1 is 1.23 bits per heavy atom. The molecule has 2 aromatic heterocycles. The maximum absolute atomic E-state index is 13.5. The average Bonchev–Trinajstić information content (AvgIpc) is 3.08. The van der Waals surface area contributed by atoms with Crippen LogP contribution in [0.4, 0.5) is 10.3 Å². The van der Waals surface area contributed by atoms with Gasteiger partial charge in [-0.1, -0.05) is 0 Å². The first-order chi connectivity index (χ1) is 10.7. The normalized spacial score (nSPS) is 14.1. The lowest BCUT2D eigenvalue weighted by Gasteiger charge is -2.15. The number of halogens is 1. The Labute approximate surface area is 127 Å². The second kappa shape index (κ2) is 6.46. The lowest BCUT2D eigenvalue weighted by Crippen LogP contribution is -2.27. The third kappa shape index (κ3) is 3.19. The number of carbonyl (C=O) groups is 1. The summed E-state index contributed by atoms with van der Waals surface area (Å²) in [5, 5.41) is 2.62. The SMILES string of the molecule is O=C(NCc1ncccc1F)c1ccnc(N2CCCC2)n1. The number of amides is 1. The Morgan fingerprint density at radius 2 is 2.05 bits per heavy atom. The molecule has 7 heteroatoms. The largest absolute Gasteiger partial charge is 0.345 e. The van der Waals surface area contributed by atoms with Crippen LogP contribution in [0.25, 0.3) is 0 Å². The second-order valence-electron chi connectivity index (χ2n) is 5.05. The van der Waals surface area contributed by atoms with Gasteiger partial charge in [0.1, 0.15) is 11.5 Å². The van der Waals surface area contributed by atoms with Crippen LogP contribution in [0.1, 0.15) is 29.0 Å². The molecule has 1 saturated heterocycles. The van der Waals surface area contributed by atoms with Crippen molar-refractivity contribution in [3.8, 4) is 0 Å². The lowest BCUT2D eigenvalue weighted by molar-refractivity contribution is 0.0945. The number of hydrogen-bond donors (Lipinski definition) is 1. The highest BCUT2D eigenvalue weighted by Crippen LogP contribution is 2.15. The van der Waals surface area contributed by atoms with Crippen molar-refractivity contribution in [1.82, 2.24) is 20.3 Å². The number of pyridine rings is 1. The zero-order valence-corrected chi connectivity index (χ0v) is 12.0. The van der Waals surface area contributed by atoms with Gasteiger partial charge in [-0.3, -0.25) is 9.78 Å². The minimum absolute atomic E-state index is 0.0224. The predicted molar refractivity (Wildman–Crippen MR) is 78.8 cm³/mol. The van der Waals surface area contributed by atoms with Crippen LogP contribution in [-0.2, 0) is 6.54 Å². The summed E-state index contributed by atoms with van der Waals surface area (Å²) >= 11 is 0. The fraction of sp³-hybridized carbons (Fsp3) is 0.333. The number of nitrogens with one attached hydrogen (secondary N) is 1. The molecule has 1 aliphatic heterocycles. The van der Waals surface area contributed by atoms with Crippen LogP contribution in [0, 0.1) is 5.82 Å². The molecule has 1 amide bonds. The molecule has 2 aromatic rings. The molecule has 1 aliphatic rings. The van der Waals surface area contributed by atoms with Crippen molar-refractivity contribution in [3.63, 3.8) is 0 Å². The number of carbonyl (C=O) groups excluding carboxylic acids is 1. The minimum Gasteiger partial charge on any atom is -0.345 e. The molecule has 0 radical (unpaired) electrons. The first-order valence-electron chi connectivity index (χ1n) is 7.19. The first kappa shape index (κ1) is 14.4. The molecular formula is C15H16FN5O. The fourth-order valence-electron chi connectivity index (χ4n) is 2.35. The molecule has 1 fully saturated rings. The van der Waals surface area contributed by atoms with Crippen molar-refractivity contribution in [2.24, 2.45) is 0 Å². The van der Waals surface area contributed by atoms with E-state index in [1.165, 1.54) is 18.3 Å². The summed E-state index contributed by atoms with van der Waals surface area (Å²) in [7, 11) is 0. The maximum atomic E-state index is 13.5. The highest BCUT2D eigenvalue weighted by atomic mass is 19.1. The van der Waals surface area contributed by atoms with E-state index in [1.807, 2.05) is 0 Å². The fourth-order valence-corrected chi connectivity index (χ4v) is 2.35. The summed E-state index contributed by atoms with van der Waals surface area (Å²) in [6.07, 6.45) is 5.27. The average molecular weight is 301 g/mol. The first-order valence-corrected chi connectivity index (χ1v) is 7.19. The monoisotopic (exact) mass is 301 g/mol. The number of anilines is 1. The van der Waals surface area contributed by atoms with E-state index in [0.29, 0.717) is 5.95 Å². The van der Waals surface area contributed by atoms with Crippen molar-refractivity contribution >= 4 is 11.9 Å². The number of rotatable bonds is 4. The highest BCUT2D eigenvalue weighted by molar-refractivity contribution is 5.92. The van der Waals surface area contributed by atoms with Crippen LogP contribution >= 0.6 is 0 Å². The molecule has 6 nitrogen and oxygen atoms in total. The van der Waals surface area contributed by atoms with Gasteiger partial charge in [0.05, 0.1) is 12.2 Å². The van der Waals surface area contributed by atoms with E-state index in [9.17, 15) is 9.18 Å². The van der Waals surface area contributed by atoms with Crippen molar-refractivity contribution in [3.05, 3.63) is 47.8 Å². The molecule has 0 bridgehead atoms. The van der Waals surface area contributed by atoms with Crippen LogP contribution in [0.3, 0.4) is 0 Å². The Bertz CT molecular complexity index is 672. The number of hydrogen-bond acceptors (Lipinski definition) is 5. The molecule has 0 spiro atoms. The quantitative estimate of drug-likeness (QED) is 0.927. The zero-order chi connectivity index (χ0) is 15.4. The van der Waals surface area contributed by atoms with E-state index >= 15 is 0 Å². The van der Waals surface area contributed by atoms with Gasteiger partial charge in [-0.2, -0.15) is 0 Å². The van der Waals surface area contributed by atoms with E-state index in [0.717, 1.165) is 25.9 Å². The van der Waals surface area contributed by atoms with Gasteiger partial charge in [-0.25, -0.2) is 14.4 Å². The molecule has 0 saturated carbocycles. The third-order valence-electron chi connectivity index (χ3n) is 3.52. The van der Waals surface area contributed by atoms with E-state index in [1.54, 1.807) is 12.3 Å². The Morgan fingerprint density at radius 3 is 2.82 bits per heavy atom. The third-order valence-corrected chi connectivity index (χ3v) is 3.52. The molecule has 0 aromatic carbocycles. The molecular weight excluding hydrogens is 285 g/mol. The van der Waals surface area contributed by atoms with Crippen LogP contribution < -0.4 is 10.2 Å². The number of aromatic nitrogens is 3. The molecule has 3 heterocycles. The molecule has 3 rings (SSSR count). The van der Waals surface area contributed by atoms with Gasteiger partial charge in [-0.05, 0) is 31.0 Å². The van der Waals surface area contributed by atoms with Crippen LogP contribution in [0.2, 0.25) is 0 Å². The topological polar surface area (TPSA) is 71.0 Å². The van der Waals surface area contributed by atoms with Gasteiger partial charge in [0, 0.05) is 25.5 Å². The van der Waals surface area contributed by atoms with Gasteiger partial charge in [-0.15, -0.1) is 0 Å². The molecule has 1 N–H and O–H groups in total. The van der Waals surface area contributed by atoms with Crippen molar-refractivity contribution in [2.75, 3.05) is 18.0 Å². The summed E-state index contributed by atoms with van der Waals surface area (Å²) < 4.78 is 13.5. The van der Waals surface area contributed by atoms with Crippen LogP contribution in [0.5, 0.6) is 0 Å². The smallest absolute Gasteiger partial charge is 0.270 e. The Hall–Kier alpha value is -2.57. The molecule has 0 unspecified atom stereocenters. The van der Waals surface area contributed by atoms with E-state index in [-0.39, 0.29) is 23.8 Å². The minimum atomic E-state index is -0.441. The lowest BCUT2D eigenvalue weighted by atomic mass is 10.3. The van der Waals surface area contributed by atoms with Crippen LogP contribution in [0.15, 0.2) is 30.6 Å². The van der Waals surface area contributed by atoms with Gasteiger partial charge in [0.15, 0.2) is 0 Å². The molecule has 22 heavy (non-hydrogen) atoms. The van der Waals surface area contributed by atoms with E-state index in [2.05, 4.69) is 25.2 Å². The highest BCUT2D eigenvalue weighted by Gasteiger charge is 2.17. The number of nitrogens with zero attached hydrogens (tertiary/aromatic N) is 4. The predicted octanol–water partition coefficient (Wildman–Crippen LogP) is 1.54. The van der Waals surface area contributed by atoms with Crippen molar-refractivity contribution in [1.29, 1.82) is 0 Å². The van der Waals surface area contributed by atoms with E-state index < -0.39 is 5.82 Å². The van der Waals surface area contributed by atoms with E-state index in [4.69, 9.17) is 0 Å². The van der Waals surface area contributed by atoms with Gasteiger partial charge >= 0.3 is 0 Å². The van der Waals surface area contributed by atoms with Gasteiger partial charge < -0.3 is 10.2 Å². The second-order valence-corrected chi connectivity index (χ2v) is 5.05. The molecule has 114 valence electrons.